The lowest BCUT2D eigenvalue weighted by atomic mass is 10.2. The number of aryl methyl sites for hydroxylation is 1. The minimum Gasteiger partial charge on any atom is -0.378 e. The maximum atomic E-state index is 13.5. The van der Waals surface area contributed by atoms with Gasteiger partial charge in [0.1, 0.15) is 5.82 Å². The van der Waals surface area contributed by atoms with Crippen molar-refractivity contribution in [3.05, 3.63) is 47.4 Å². The number of nitrogens with one attached hydrogen (secondary N) is 1. The topological polar surface area (TPSA) is 67.4 Å². The molecular weight excluding hydrogens is 299 g/mol. The first-order valence-corrected chi connectivity index (χ1v) is 7.37. The molecule has 0 bridgehead atoms. The summed E-state index contributed by atoms with van der Waals surface area (Å²) >= 11 is 0. The number of hydrogen-bond acceptors (Lipinski definition) is 5. The van der Waals surface area contributed by atoms with Gasteiger partial charge in [-0.3, -0.25) is 4.79 Å². The van der Waals surface area contributed by atoms with Crippen LogP contribution in [0.3, 0.4) is 0 Å². The predicted molar refractivity (Wildman–Crippen MR) is 84.2 cm³/mol. The highest BCUT2D eigenvalue weighted by atomic mass is 19.1. The third-order valence-electron chi connectivity index (χ3n) is 3.65. The molecule has 6 nitrogen and oxygen atoms in total. The molecule has 0 spiro atoms. The van der Waals surface area contributed by atoms with Gasteiger partial charge in [0.15, 0.2) is 11.5 Å². The first kappa shape index (κ1) is 15.4. The van der Waals surface area contributed by atoms with Crippen LogP contribution in [-0.2, 0) is 4.74 Å². The van der Waals surface area contributed by atoms with Crippen LogP contribution in [0.5, 0.6) is 0 Å². The molecule has 2 heterocycles. The lowest BCUT2D eigenvalue weighted by Gasteiger charge is -2.27. The molecule has 0 aliphatic carbocycles. The SMILES string of the molecule is Cc1ccc(NC(=O)c2ccc(N3CCOCC3)nn2)cc1F. The Bertz CT molecular complexity index is 700. The molecule has 1 aliphatic rings. The van der Waals surface area contributed by atoms with Gasteiger partial charge < -0.3 is 15.0 Å². The minimum absolute atomic E-state index is 0.183. The van der Waals surface area contributed by atoms with Crippen LogP contribution in [0.15, 0.2) is 30.3 Å². The zero-order valence-electron chi connectivity index (χ0n) is 12.8. The fraction of sp³-hybridized carbons (Fsp3) is 0.312. The molecule has 1 aliphatic heterocycles. The maximum Gasteiger partial charge on any atom is 0.276 e. The summed E-state index contributed by atoms with van der Waals surface area (Å²) in [5, 5.41) is 10.6. The highest BCUT2D eigenvalue weighted by molar-refractivity contribution is 6.02. The monoisotopic (exact) mass is 316 g/mol. The second-order valence-electron chi connectivity index (χ2n) is 5.29. The van der Waals surface area contributed by atoms with Crippen LogP contribution < -0.4 is 10.2 Å². The minimum atomic E-state index is -0.422. The lowest BCUT2D eigenvalue weighted by Crippen LogP contribution is -2.37. The smallest absolute Gasteiger partial charge is 0.276 e. The molecule has 0 atom stereocenters. The Morgan fingerprint density at radius 2 is 2.00 bits per heavy atom. The first-order valence-electron chi connectivity index (χ1n) is 7.37. The van der Waals surface area contributed by atoms with Gasteiger partial charge in [-0.15, -0.1) is 10.2 Å². The molecule has 0 unspecified atom stereocenters. The molecule has 1 amide bonds. The third-order valence-corrected chi connectivity index (χ3v) is 3.65. The van der Waals surface area contributed by atoms with E-state index in [2.05, 4.69) is 15.5 Å². The summed E-state index contributed by atoms with van der Waals surface area (Å²) in [5.74, 6) is -0.0722. The molecule has 2 aromatic rings. The van der Waals surface area contributed by atoms with Gasteiger partial charge in [0.05, 0.1) is 13.2 Å². The number of benzene rings is 1. The van der Waals surface area contributed by atoms with Crippen molar-refractivity contribution in [3.8, 4) is 0 Å². The third kappa shape index (κ3) is 3.62. The van der Waals surface area contributed by atoms with Gasteiger partial charge >= 0.3 is 0 Å². The largest absolute Gasteiger partial charge is 0.378 e. The fourth-order valence-electron chi connectivity index (χ4n) is 2.27. The molecule has 1 aromatic carbocycles. The molecule has 7 heteroatoms. The number of halogens is 1. The van der Waals surface area contributed by atoms with Crippen molar-refractivity contribution < 1.29 is 13.9 Å². The van der Waals surface area contributed by atoms with E-state index in [1.165, 1.54) is 6.07 Å². The van der Waals surface area contributed by atoms with E-state index in [0.717, 1.165) is 13.1 Å². The van der Waals surface area contributed by atoms with Crippen molar-refractivity contribution in [3.63, 3.8) is 0 Å². The number of carbonyl (C=O) groups excluding carboxylic acids is 1. The maximum absolute atomic E-state index is 13.5. The normalized spacial score (nSPS) is 14.6. The zero-order valence-corrected chi connectivity index (χ0v) is 12.8. The predicted octanol–water partition coefficient (Wildman–Crippen LogP) is 2.01. The van der Waals surface area contributed by atoms with E-state index in [9.17, 15) is 9.18 Å². The van der Waals surface area contributed by atoms with E-state index in [1.54, 1.807) is 31.2 Å². The Morgan fingerprint density at radius 1 is 1.22 bits per heavy atom. The zero-order chi connectivity index (χ0) is 16.2. The van der Waals surface area contributed by atoms with Crippen molar-refractivity contribution in [2.45, 2.75) is 6.92 Å². The molecule has 0 radical (unpaired) electrons. The van der Waals surface area contributed by atoms with Crippen LogP contribution >= 0.6 is 0 Å². The van der Waals surface area contributed by atoms with Crippen molar-refractivity contribution in [2.75, 3.05) is 36.5 Å². The van der Waals surface area contributed by atoms with E-state index in [0.29, 0.717) is 30.3 Å². The van der Waals surface area contributed by atoms with Crippen molar-refractivity contribution in [2.24, 2.45) is 0 Å². The van der Waals surface area contributed by atoms with E-state index in [1.807, 2.05) is 4.90 Å². The molecule has 3 rings (SSSR count). The summed E-state index contributed by atoms with van der Waals surface area (Å²) in [5.41, 5.74) is 1.10. The molecule has 1 N–H and O–H groups in total. The van der Waals surface area contributed by atoms with Gasteiger partial charge in [-0.05, 0) is 36.8 Å². The van der Waals surface area contributed by atoms with E-state index in [4.69, 9.17) is 4.74 Å². The summed E-state index contributed by atoms with van der Waals surface area (Å²) in [4.78, 5) is 14.2. The first-order chi connectivity index (χ1) is 11.1. The van der Waals surface area contributed by atoms with E-state index < -0.39 is 5.91 Å². The molecule has 0 saturated carbocycles. The average Bonchev–Trinajstić information content (AvgIpc) is 2.59. The van der Waals surface area contributed by atoms with Crippen LogP contribution in [0.4, 0.5) is 15.9 Å². The van der Waals surface area contributed by atoms with Crippen LogP contribution in [-0.4, -0.2) is 42.4 Å². The van der Waals surface area contributed by atoms with Crippen LogP contribution in [0.1, 0.15) is 16.1 Å². The number of aromatic nitrogens is 2. The second kappa shape index (κ2) is 6.70. The molecule has 1 saturated heterocycles. The highest BCUT2D eigenvalue weighted by Crippen LogP contribution is 2.15. The van der Waals surface area contributed by atoms with E-state index >= 15 is 0 Å². The van der Waals surface area contributed by atoms with Gasteiger partial charge in [-0.25, -0.2) is 4.39 Å². The number of ether oxygens (including phenoxy) is 1. The highest BCUT2D eigenvalue weighted by Gasteiger charge is 2.15. The number of carbonyl (C=O) groups is 1. The van der Waals surface area contributed by atoms with Crippen molar-refractivity contribution in [1.82, 2.24) is 10.2 Å². The van der Waals surface area contributed by atoms with Gasteiger partial charge in [0.2, 0.25) is 0 Å². The Hall–Kier alpha value is -2.54. The summed E-state index contributed by atoms with van der Waals surface area (Å²) < 4.78 is 18.8. The van der Waals surface area contributed by atoms with Gasteiger partial charge in [-0.2, -0.15) is 0 Å². The van der Waals surface area contributed by atoms with Crippen LogP contribution in [0, 0.1) is 12.7 Å². The summed E-state index contributed by atoms with van der Waals surface area (Å²) in [6.07, 6.45) is 0. The molecular formula is C16H17FN4O2. The number of nitrogens with zero attached hydrogens (tertiary/aromatic N) is 3. The lowest BCUT2D eigenvalue weighted by molar-refractivity contribution is 0.102. The van der Waals surface area contributed by atoms with Crippen molar-refractivity contribution in [1.29, 1.82) is 0 Å². The number of amides is 1. The summed E-state index contributed by atoms with van der Waals surface area (Å²) in [6.45, 7) is 4.48. The number of hydrogen-bond donors (Lipinski definition) is 1. The Balaban J connectivity index is 1.68. The number of anilines is 2. The Morgan fingerprint density at radius 3 is 2.65 bits per heavy atom. The molecule has 1 aromatic heterocycles. The van der Waals surface area contributed by atoms with E-state index in [-0.39, 0.29) is 11.5 Å². The Kier molecular flexibility index (Phi) is 4.47. The second-order valence-corrected chi connectivity index (χ2v) is 5.29. The Labute approximate surface area is 133 Å². The number of morpholine rings is 1. The standard InChI is InChI=1S/C16H17FN4O2/c1-11-2-3-12(10-13(11)17)18-16(22)14-4-5-15(20-19-14)21-6-8-23-9-7-21/h2-5,10H,6-9H2,1H3,(H,18,22). The van der Waals surface area contributed by atoms with Gasteiger partial charge in [0.25, 0.3) is 5.91 Å². The summed E-state index contributed by atoms with van der Waals surface area (Å²) in [6, 6.07) is 7.90. The quantitative estimate of drug-likeness (QED) is 0.938. The van der Waals surface area contributed by atoms with Crippen LogP contribution in [0.25, 0.3) is 0 Å². The average molecular weight is 316 g/mol. The fourth-order valence-corrected chi connectivity index (χ4v) is 2.27. The molecule has 1 fully saturated rings. The van der Waals surface area contributed by atoms with Crippen molar-refractivity contribution >= 4 is 17.4 Å². The van der Waals surface area contributed by atoms with Crippen LogP contribution in [0.2, 0.25) is 0 Å². The number of rotatable bonds is 3. The summed E-state index contributed by atoms with van der Waals surface area (Å²) in [7, 11) is 0. The van der Waals surface area contributed by atoms with Gasteiger partial charge in [0, 0.05) is 18.8 Å². The van der Waals surface area contributed by atoms with Gasteiger partial charge in [-0.1, -0.05) is 6.07 Å². The molecule has 23 heavy (non-hydrogen) atoms. The molecule has 120 valence electrons.